The summed E-state index contributed by atoms with van der Waals surface area (Å²) in [5, 5.41) is 0. The highest BCUT2D eigenvalue weighted by atomic mass is 14.8. The predicted molar refractivity (Wildman–Crippen MR) is 39.3 cm³/mol. The Morgan fingerprint density at radius 1 is 1.60 bits per heavy atom. The molecule has 0 aliphatic rings. The Hall–Kier alpha value is -1.36. The molecule has 0 saturated carbocycles. The molecule has 0 spiro atoms. The first-order valence-electron chi connectivity index (χ1n) is 3.08. The summed E-state index contributed by atoms with van der Waals surface area (Å²) >= 11 is 0. The highest BCUT2D eigenvalue weighted by Gasteiger charge is 1.93. The molecule has 0 radical (unpaired) electrons. The van der Waals surface area contributed by atoms with Crippen LogP contribution in [-0.2, 0) is 6.54 Å². The average Bonchev–Trinajstić information content (AvgIpc) is 1.88. The standard InChI is InChI=1S/C8H8N2/c1-7-4-3-5-8(10-7)6-9-2/h3-5H,6H2,1H3. The van der Waals surface area contributed by atoms with E-state index in [1.165, 1.54) is 0 Å². The molecule has 0 aliphatic carbocycles. The van der Waals surface area contributed by atoms with Gasteiger partial charge in [-0.1, -0.05) is 6.07 Å². The summed E-state index contributed by atoms with van der Waals surface area (Å²) in [6.45, 7) is 8.91. The van der Waals surface area contributed by atoms with Gasteiger partial charge in [-0.25, -0.2) is 6.57 Å². The summed E-state index contributed by atoms with van der Waals surface area (Å²) < 4.78 is 0. The van der Waals surface area contributed by atoms with Crippen LogP contribution in [0.1, 0.15) is 11.4 Å². The van der Waals surface area contributed by atoms with Gasteiger partial charge in [0.25, 0.3) is 6.54 Å². The van der Waals surface area contributed by atoms with E-state index in [1.54, 1.807) is 0 Å². The van der Waals surface area contributed by atoms with Crippen molar-refractivity contribution in [2.24, 2.45) is 0 Å². The SMILES string of the molecule is [C-]#[N+]Cc1cccc(C)n1. The maximum atomic E-state index is 6.60. The monoisotopic (exact) mass is 132 g/mol. The van der Waals surface area contributed by atoms with Crippen LogP contribution >= 0.6 is 0 Å². The second-order valence-corrected chi connectivity index (χ2v) is 2.09. The molecule has 0 unspecified atom stereocenters. The molecule has 10 heavy (non-hydrogen) atoms. The third-order valence-corrected chi connectivity index (χ3v) is 1.19. The van der Waals surface area contributed by atoms with Crippen molar-refractivity contribution in [1.29, 1.82) is 0 Å². The Kier molecular flexibility index (Phi) is 2.01. The van der Waals surface area contributed by atoms with Crippen LogP contribution in [0.15, 0.2) is 18.2 Å². The van der Waals surface area contributed by atoms with Crippen LogP contribution < -0.4 is 0 Å². The number of pyridine rings is 1. The summed E-state index contributed by atoms with van der Waals surface area (Å²) in [7, 11) is 0. The van der Waals surface area contributed by atoms with Crippen molar-refractivity contribution < 1.29 is 0 Å². The lowest BCUT2D eigenvalue weighted by Gasteiger charge is -1.91. The van der Waals surface area contributed by atoms with E-state index in [1.807, 2.05) is 25.1 Å². The molecule has 2 nitrogen and oxygen atoms in total. The highest BCUT2D eigenvalue weighted by Crippen LogP contribution is 1.98. The minimum absolute atomic E-state index is 0.391. The summed E-state index contributed by atoms with van der Waals surface area (Å²) in [6.07, 6.45) is 0. The van der Waals surface area contributed by atoms with E-state index >= 15 is 0 Å². The minimum atomic E-state index is 0.391. The first-order chi connectivity index (χ1) is 4.83. The van der Waals surface area contributed by atoms with E-state index in [2.05, 4.69) is 9.83 Å². The van der Waals surface area contributed by atoms with E-state index in [-0.39, 0.29) is 0 Å². The second-order valence-electron chi connectivity index (χ2n) is 2.09. The Bertz CT molecular complexity index is 260. The van der Waals surface area contributed by atoms with Gasteiger partial charge in [-0.15, -0.1) is 0 Å². The van der Waals surface area contributed by atoms with Gasteiger partial charge < -0.3 is 4.85 Å². The topological polar surface area (TPSA) is 17.2 Å². The molecule has 0 N–H and O–H groups in total. The molecule has 0 saturated heterocycles. The van der Waals surface area contributed by atoms with Crippen molar-refractivity contribution >= 4 is 0 Å². The molecule has 0 aliphatic heterocycles. The molecule has 1 rings (SSSR count). The molecule has 0 amide bonds. The average molecular weight is 132 g/mol. The first kappa shape index (κ1) is 6.76. The van der Waals surface area contributed by atoms with Crippen molar-refractivity contribution in [3.8, 4) is 0 Å². The van der Waals surface area contributed by atoms with Crippen LogP contribution in [0.25, 0.3) is 4.85 Å². The molecule has 50 valence electrons. The van der Waals surface area contributed by atoms with Gasteiger partial charge in [0.15, 0.2) is 0 Å². The maximum absolute atomic E-state index is 6.60. The number of rotatable bonds is 1. The molecule has 0 fully saturated rings. The molecular weight excluding hydrogens is 124 g/mol. The first-order valence-corrected chi connectivity index (χ1v) is 3.08. The van der Waals surface area contributed by atoms with Crippen molar-refractivity contribution in [3.63, 3.8) is 0 Å². The third-order valence-electron chi connectivity index (χ3n) is 1.19. The molecule has 1 heterocycles. The summed E-state index contributed by atoms with van der Waals surface area (Å²) in [5.41, 5.74) is 1.83. The normalized spacial score (nSPS) is 8.80. The number of hydrogen-bond acceptors (Lipinski definition) is 1. The molecule has 0 atom stereocenters. The van der Waals surface area contributed by atoms with Crippen LogP contribution in [0.5, 0.6) is 0 Å². The van der Waals surface area contributed by atoms with E-state index in [0.29, 0.717) is 6.54 Å². The van der Waals surface area contributed by atoms with Gasteiger partial charge in [-0.05, 0) is 19.1 Å². The molecule has 0 aromatic carbocycles. The fourth-order valence-electron chi connectivity index (χ4n) is 0.769. The number of aromatic nitrogens is 1. The van der Waals surface area contributed by atoms with Gasteiger partial charge in [0.05, 0.1) is 0 Å². The lowest BCUT2D eigenvalue weighted by Crippen LogP contribution is -1.87. The van der Waals surface area contributed by atoms with Gasteiger partial charge in [-0.2, -0.15) is 0 Å². The largest absolute Gasteiger partial charge is 0.310 e. The van der Waals surface area contributed by atoms with E-state index in [0.717, 1.165) is 11.4 Å². The fourth-order valence-corrected chi connectivity index (χ4v) is 0.769. The maximum Gasteiger partial charge on any atom is 0.256 e. The zero-order valence-electron chi connectivity index (χ0n) is 5.83. The smallest absolute Gasteiger partial charge is 0.256 e. The summed E-state index contributed by atoms with van der Waals surface area (Å²) in [5.74, 6) is 0. The lowest BCUT2D eigenvalue weighted by atomic mass is 10.3. The van der Waals surface area contributed by atoms with Crippen LogP contribution in [0.2, 0.25) is 0 Å². The third kappa shape index (κ3) is 1.56. The quantitative estimate of drug-likeness (QED) is 0.532. The van der Waals surface area contributed by atoms with Gasteiger partial charge in [0, 0.05) is 5.69 Å². The Morgan fingerprint density at radius 2 is 2.40 bits per heavy atom. The number of hydrogen-bond donors (Lipinski definition) is 0. The Balaban J connectivity index is 2.87. The number of nitrogens with zero attached hydrogens (tertiary/aromatic N) is 2. The van der Waals surface area contributed by atoms with E-state index in [4.69, 9.17) is 6.57 Å². The molecular formula is C8H8N2. The van der Waals surface area contributed by atoms with Crippen LogP contribution in [0.3, 0.4) is 0 Å². The second kappa shape index (κ2) is 2.98. The van der Waals surface area contributed by atoms with Crippen molar-refractivity contribution in [2.45, 2.75) is 13.5 Å². The zero-order valence-corrected chi connectivity index (χ0v) is 5.83. The van der Waals surface area contributed by atoms with E-state index in [9.17, 15) is 0 Å². The molecule has 1 aromatic heterocycles. The molecule has 0 bridgehead atoms. The van der Waals surface area contributed by atoms with Crippen LogP contribution in [-0.4, -0.2) is 4.98 Å². The van der Waals surface area contributed by atoms with Crippen LogP contribution in [0, 0.1) is 13.5 Å². The molecule has 2 heteroatoms. The lowest BCUT2D eigenvalue weighted by molar-refractivity contribution is 1.06. The van der Waals surface area contributed by atoms with Gasteiger partial charge >= 0.3 is 0 Å². The van der Waals surface area contributed by atoms with Gasteiger partial charge in [0.2, 0.25) is 0 Å². The van der Waals surface area contributed by atoms with Crippen LogP contribution in [0.4, 0.5) is 0 Å². The van der Waals surface area contributed by atoms with Crippen molar-refractivity contribution in [3.05, 3.63) is 41.0 Å². The fraction of sp³-hybridized carbons (Fsp3) is 0.250. The highest BCUT2D eigenvalue weighted by molar-refractivity contribution is 5.10. The summed E-state index contributed by atoms with van der Waals surface area (Å²) in [6, 6.07) is 5.71. The zero-order chi connectivity index (χ0) is 7.40. The van der Waals surface area contributed by atoms with Crippen molar-refractivity contribution in [2.75, 3.05) is 0 Å². The van der Waals surface area contributed by atoms with Gasteiger partial charge in [0.1, 0.15) is 5.69 Å². The van der Waals surface area contributed by atoms with Crippen molar-refractivity contribution in [1.82, 2.24) is 4.98 Å². The van der Waals surface area contributed by atoms with Gasteiger partial charge in [-0.3, -0.25) is 4.98 Å². The minimum Gasteiger partial charge on any atom is -0.310 e. The molecule has 1 aromatic rings. The Labute approximate surface area is 60.3 Å². The Morgan fingerprint density at radius 3 is 3.00 bits per heavy atom. The number of aryl methyl sites for hydroxylation is 1. The predicted octanol–water partition coefficient (Wildman–Crippen LogP) is 1.81. The van der Waals surface area contributed by atoms with E-state index < -0.39 is 0 Å². The summed E-state index contributed by atoms with van der Waals surface area (Å²) in [4.78, 5) is 7.38.